The Bertz CT molecular complexity index is 795. The fourth-order valence-corrected chi connectivity index (χ4v) is 7.35. The van der Waals surface area contributed by atoms with E-state index in [1.165, 1.54) is 4.90 Å². The highest BCUT2D eigenvalue weighted by Gasteiger charge is 2.60. The largest absolute Gasteiger partial charge is 0.477 e. The summed E-state index contributed by atoms with van der Waals surface area (Å²) in [5, 5.41) is 30.5. The van der Waals surface area contributed by atoms with E-state index in [1.807, 2.05) is 6.92 Å². The Morgan fingerprint density at radius 1 is 1.29 bits per heavy atom. The van der Waals surface area contributed by atoms with Gasteiger partial charge in [0, 0.05) is 34.7 Å². The molecule has 0 aromatic heterocycles. The third-order valence-electron chi connectivity index (χ3n) is 7.35. The van der Waals surface area contributed by atoms with Crippen LogP contribution in [-0.2, 0) is 9.59 Å². The van der Waals surface area contributed by atoms with E-state index in [1.54, 1.807) is 18.7 Å². The second kappa shape index (κ2) is 8.63. The molecular weight excluding hydrogens is 418 g/mol. The van der Waals surface area contributed by atoms with Gasteiger partial charge in [0.05, 0.1) is 18.1 Å². The summed E-state index contributed by atoms with van der Waals surface area (Å²) in [6, 6.07) is 0.557. The number of carbonyl (C=O) groups is 2. The molecule has 0 aromatic rings. The van der Waals surface area contributed by atoms with E-state index in [2.05, 4.69) is 10.2 Å². The van der Waals surface area contributed by atoms with Crippen molar-refractivity contribution in [2.45, 2.75) is 75.4 Å². The molecule has 3 fully saturated rings. The summed E-state index contributed by atoms with van der Waals surface area (Å²) in [4.78, 5) is 29.2. The molecule has 1 saturated carbocycles. The summed E-state index contributed by atoms with van der Waals surface area (Å²) in [5.74, 6) is -1.88. The van der Waals surface area contributed by atoms with E-state index >= 15 is 0 Å². The summed E-state index contributed by atoms with van der Waals surface area (Å²) >= 11 is 1.62. The number of nitrogens with two attached hydrogens (primary N) is 1. The minimum atomic E-state index is -1.06. The molecule has 2 saturated heterocycles. The maximum atomic E-state index is 12.5. The molecule has 0 unspecified atom stereocenters. The normalized spacial score (nSPS) is 36.9. The third kappa shape index (κ3) is 4.05. The van der Waals surface area contributed by atoms with Crippen LogP contribution < -0.4 is 11.1 Å². The lowest BCUT2D eigenvalue weighted by Crippen LogP contribution is -2.63. The zero-order valence-electron chi connectivity index (χ0n) is 18.1. The molecule has 1 amide bonds. The van der Waals surface area contributed by atoms with Crippen molar-refractivity contribution in [1.82, 2.24) is 15.1 Å². The predicted molar refractivity (Wildman–Crippen MR) is 118 cm³/mol. The average molecular weight is 452 g/mol. The summed E-state index contributed by atoms with van der Waals surface area (Å²) in [7, 11) is 0. The number of aliphatic hydroxyl groups excluding tert-OH is 1. The standard InChI is InChI=1S/C21H33N5O4S/c1-10-16-15(11(2)27)19(28)26(16)17(20(29)30)18(10)31-14-7-8-25(9-14)13-5-3-12(4-6-13)24-21(22)23/h10-16,27H,3-9H2,1-2H3,(H,29,30)(H4,22,23,24)/t10-,11-,12-,13+,14-,15-,16-/m1/s1. The molecule has 3 heterocycles. The van der Waals surface area contributed by atoms with Crippen molar-refractivity contribution in [2.24, 2.45) is 17.6 Å². The molecular formula is C21H33N5O4S. The van der Waals surface area contributed by atoms with Gasteiger partial charge in [-0.05, 0) is 45.6 Å². The number of aliphatic hydroxyl groups is 1. The second-order valence-corrected chi connectivity index (χ2v) is 10.7. The molecule has 9 nitrogen and oxygen atoms in total. The lowest BCUT2D eigenvalue weighted by molar-refractivity contribution is -0.163. The van der Waals surface area contributed by atoms with Gasteiger partial charge >= 0.3 is 5.97 Å². The highest BCUT2D eigenvalue weighted by atomic mass is 32.2. The van der Waals surface area contributed by atoms with Gasteiger partial charge in [0.25, 0.3) is 0 Å². The number of amides is 1. The Labute approximate surface area is 186 Å². The quantitative estimate of drug-likeness (QED) is 0.226. The van der Waals surface area contributed by atoms with Crippen molar-refractivity contribution in [2.75, 3.05) is 13.1 Å². The molecule has 4 aliphatic rings. The SMILES string of the molecule is C[C@@H](O)[C@H]1C(=O)N2C(C(=O)O)=C(S[C@@H]3CCN([C@H]4CC[C@@H](NC(=N)N)CC4)C3)[C@H](C)[C@H]12. The van der Waals surface area contributed by atoms with Crippen LogP contribution in [0.4, 0.5) is 0 Å². The van der Waals surface area contributed by atoms with Crippen LogP contribution in [0.1, 0.15) is 46.0 Å². The topological polar surface area (TPSA) is 143 Å². The Hall–Kier alpha value is -1.78. The zero-order valence-corrected chi connectivity index (χ0v) is 18.9. The van der Waals surface area contributed by atoms with Crippen molar-refractivity contribution in [3.63, 3.8) is 0 Å². The first-order chi connectivity index (χ1) is 14.7. The Balaban J connectivity index is 1.38. The van der Waals surface area contributed by atoms with Gasteiger partial charge in [0.15, 0.2) is 5.96 Å². The third-order valence-corrected chi connectivity index (χ3v) is 8.89. The maximum absolute atomic E-state index is 12.5. The number of nitrogens with zero attached hydrogens (tertiary/aromatic N) is 2. The minimum absolute atomic E-state index is 0.0373. The van der Waals surface area contributed by atoms with Gasteiger partial charge in [-0.15, -0.1) is 11.8 Å². The highest BCUT2D eigenvalue weighted by molar-refractivity contribution is 8.03. The van der Waals surface area contributed by atoms with Crippen LogP contribution in [0.5, 0.6) is 0 Å². The van der Waals surface area contributed by atoms with E-state index in [4.69, 9.17) is 11.1 Å². The van der Waals surface area contributed by atoms with Crippen LogP contribution in [0.15, 0.2) is 10.6 Å². The van der Waals surface area contributed by atoms with E-state index in [0.717, 1.165) is 50.1 Å². The smallest absolute Gasteiger partial charge is 0.353 e. The van der Waals surface area contributed by atoms with Crippen molar-refractivity contribution in [3.8, 4) is 0 Å². The van der Waals surface area contributed by atoms with Crippen molar-refractivity contribution in [3.05, 3.63) is 10.6 Å². The zero-order chi connectivity index (χ0) is 22.4. The number of carbonyl (C=O) groups excluding carboxylic acids is 1. The lowest BCUT2D eigenvalue weighted by Gasteiger charge is -2.46. The van der Waals surface area contributed by atoms with Gasteiger partial charge in [-0.2, -0.15) is 0 Å². The second-order valence-electron chi connectivity index (χ2n) is 9.36. The van der Waals surface area contributed by atoms with E-state index in [9.17, 15) is 19.8 Å². The number of β-lactam (4-membered cyclic amide) rings is 1. The first-order valence-corrected chi connectivity index (χ1v) is 12.1. The maximum Gasteiger partial charge on any atom is 0.353 e. The van der Waals surface area contributed by atoms with Gasteiger partial charge in [0.1, 0.15) is 5.70 Å². The fourth-order valence-electron chi connectivity index (χ4n) is 5.85. The molecule has 3 aliphatic heterocycles. The van der Waals surface area contributed by atoms with Crippen LogP contribution in [-0.4, -0.2) is 80.4 Å². The molecule has 31 heavy (non-hydrogen) atoms. The molecule has 0 radical (unpaired) electrons. The fraction of sp³-hybridized carbons (Fsp3) is 0.762. The number of aliphatic carboxylic acids is 1. The Morgan fingerprint density at radius 3 is 2.55 bits per heavy atom. The molecule has 10 heteroatoms. The van der Waals surface area contributed by atoms with E-state index < -0.39 is 18.0 Å². The van der Waals surface area contributed by atoms with Crippen LogP contribution in [0, 0.1) is 17.2 Å². The number of hydrogen-bond donors (Lipinski definition) is 5. The average Bonchev–Trinajstić information content (AvgIpc) is 3.24. The molecule has 6 N–H and O–H groups in total. The number of guanidine groups is 1. The number of carboxylic acids is 1. The number of likely N-dealkylation sites (tertiary alicyclic amines) is 1. The summed E-state index contributed by atoms with van der Waals surface area (Å²) in [5.41, 5.74) is 5.58. The lowest BCUT2D eigenvalue weighted by atomic mass is 9.79. The van der Waals surface area contributed by atoms with Gasteiger partial charge in [-0.1, -0.05) is 6.92 Å². The molecule has 172 valence electrons. The van der Waals surface area contributed by atoms with Crippen LogP contribution in [0.2, 0.25) is 0 Å². The summed E-state index contributed by atoms with van der Waals surface area (Å²) < 4.78 is 0. The van der Waals surface area contributed by atoms with Gasteiger partial charge < -0.3 is 26.2 Å². The highest BCUT2D eigenvalue weighted by Crippen LogP contribution is 2.52. The first kappa shape index (κ1) is 22.4. The molecule has 0 spiro atoms. The van der Waals surface area contributed by atoms with Crippen molar-refractivity contribution in [1.29, 1.82) is 5.41 Å². The van der Waals surface area contributed by atoms with Crippen LogP contribution >= 0.6 is 11.8 Å². The number of thioether (sulfide) groups is 1. The number of nitrogens with one attached hydrogen (secondary N) is 2. The van der Waals surface area contributed by atoms with Gasteiger partial charge in [-0.25, -0.2) is 4.79 Å². The van der Waals surface area contributed by atoms with Crippen molar-refractivity contribution < 1.29 is 19.8 Å². The number of fused-ring (bicyclic) bond motifs is 1. The van der Waals surface area contributed by atoms with E-state index in [-0.39, 0.29) is 35.6 Å². The van der Waals surface area contributed by atoms with Gasteiger partial charge in [0.2, 0.25) is 5.91 Å². The molecule has 0 bridgehead atoms. The molecule has 0 aromatic carbocycles. The summed E-state index contributed by atoms with van der Waals surface area (Å²) in [6.07, 6.45) is 4.37. The Kier molecular flexibility index (Phi) is 6.24. The predicted octanol–water partition coefficient (Wildman–Crippen LogP) is 0.742. The van der Waals surface area contributed by atoms with Crippen LogP contribution in [0.3, 0.4) is 0 Å². The molecule has 1 aliphatic carbocycles. The molecule has 5 atom stereocenters. The minimum Gasteiger partial charge on any atom is -0.477 e. The monoisotopic (exact) mass is 451 g/mol. The summed E-state index contributed by atoms with van der Waals surface area (Å²) in [6.45, 7) is 5.50. The Morgan fingerprint density at radius 2 is 1.97 bits per heavy atom. The first-order valence-electron chi connectivity index (χ1n) is 11.2. The molecule has 4 rings (SSSR count). The number of rotatable bonds is 6. The van der Waals surface area contributed by atoms with Crippen LogP contribution in [0.25, 0.3) is 0 Å². The van der Waals surface area contributed by atoms with Crippen molar-refractivity contribution >= 4 is 29.6 Å². The van der Waals surface area contributed by atoms with Gasteiger partial charge in [-0.3, -0.25) is 15.1 Å². The number of carboxylic acid groups (broad SMARTS) is 1. The van der Waals surface area contributed by atoms with E-state index in [0.29, 0.717) is 11.3 Å². The number of hydrogen-bond acceptors (Lipinski definition) is 6.